The second kappa shape index (κ2) is 9.03. The number of hydrogen-bond donors (Lipinski definition) is 1. The van der Waals surface area contributed by atoms with E-state index < -0.39 is 0 Å². The highest BCUT2D eigenvalue weighted by Crippen LogP contribution is 2.25. The van der Waals surface area contributed by atoms with E-state index in [4.69, 9.17) is 4.74 Å². The minimum Gasteiger partial charge on any atom is -0.379 e. The summed E-state index contributed by atoms with van der Waals surface area (Å²) >= 11 is 0. The fourth-order valence-electron chi connectivity index (χ4n) is 3.76. The van der Waals surface area contributed by atoms with Crippen molar-refractivity contribution >= 4 is 23.0 Å². The van der Waals surface area contributed by atoms with Gasteiger partial charge < -0.3 is 9.30 Å². The second-order valence-electron chi connectivity index (χ2n) is 7.27. The van der Waals surface area contributed by atoms with Crippen molar-refractivity contribution in [2.45, 2.75) is 13.5 Å². The van der Waals surface area contributed by atoms with Gasteiger partial charge in [-0.1, -0.05) is 48.5 Å². The first-order valence-corrected chi connectivity index (χ1v) is 9.96. The maximum atomic E-state index is 12.2. The summed E-state index contributed by atoms with van der Waals surface area (Å²) < 4.78 is 7.61. The Hall–Kier alpha value is -2.96. The summed E-state index contributed by atoms with van der Waals surface area (Å²) in [6.07, 6.45) is 1.76. The molecule has 0 bridgehead atoms. The monoisotopic (exact) mass is 390 g/mol. The average molecular weight is 390 g/mol. The van der Waals surface area contributed by atoms with E-state index in [1.165, 1.54) is 5.56 Å². The molecule has 0 spiro atoms. The normalized spacial score (nSPS) is 15.2. The third kappa shape index (κ3) is 4.55. The molecule has 1 fully saturated rings. The topological polar surface area (TPSA) is 58.9 Å². The predicted molar refractivity (Wildman–Crippen MR) is 115 cm³/mol. The van der Waals surface area contributed by atoms with Gasteiger partial charge in [-0.15, -0.1) is 0 Å². The zero-order valence-corrected chi connectivity index (χ0v) is 16.7. The summed E-state index contributed by atoms with van der Waals surface area (Å²) in [6, 6.07) is 18.7. The van der Waals surface area contributed by atoms with E-state index in [1.807, 2.05) is 18.2 Å². The first-order chi connectivity index (χ1) is 14.2. The Bertz CT molecular complexity index is 1000. The van der Waals surface area contributed by atoms with E-state index in [-0.39, 0.29) is 5.91 Å². The molecule has 3 aromatic rings. The van der Waals surface area contributed by atoms with Gasteiger partial charge in [0.05, 0.1) is 26.0 Å². The van der Waals surface area contributed by atoms with Crippen LogP contribution in [0.1, 0.15) is 16.8 Å². The van der Waals surface area contributed by atoms with Crippen LogP contribution in [-0.4, -0.2) is 54.4 Å². The lowest BCUT2D eigenvalue weighted by atomic mass is 10.1. The summed E-state index contributed by atoms with van der Waals surface area (Å²) in [4.78, 5) is 14.3. The first kappa shape index (κ1) is 19.4. The molecule has 150 valence electrons. The van der Waals surface area contributed by atoms with E-state index in [9.17, 15) is 4.79 Å². The molecule has 0 unspecified atom stereocenters. The van der Waals surface area contributed by atoms with Crippen LogP contribution in [0.15, 0.2) is 59.7 Å². The highest BCUT2D eigenvalue weighted by molar-refractivity contribution is 6.01. The van der Waals surface area contributed by atoms with Crippen molar-refractivity contribution in [3.05, 3.63) is 71.4 Å². The number of nitrogens with zero attached hydrogens (tertiary/aromatic N) is 3. The fourth-order valence-corrected chi connectivity index (χ4v) is 3.76. The molecule has 4 rings (SSSR count). The number of nitrogens with one attached hydrogen (secondary N) is 1. The Morgan fingerprint density at radius 1 is 1.10 bits per heavy atom. The number of aromatic nitrogens is 1. The van der Waals surface area contributed by atoms with Crippen molar-refractivity contribution in [3.63, 3.8) is 0 Å². The van der Waals surface area contributed by atoms with Gasteiger partial charge in [-0.3, -0.25) is 9.69 Å². The molecule has 0 saturated carbocycles. The number of benzene rings is 2. The van der Waals surface area contributed by atoms with E-state index in [2.05, 4.69) is 63.3 Å². The molecule has 1 N–H and O–H groups in total. The minimum absolute atomic E-state index is 0.103. The molecule has 1 aromatic heterocycles. The number of hydrazone groups is 1. The van der Waals surface area contributed by atoms with Gasteiger partial charge in [-0.25, -0.2) is 5.43 Å². The SMILES string of the molecule is Cc1c(/C=N\NC(=O)CN2CCOCC2)c2ccccc2n1Cc1ccccc1. The molecule has 2 heterocycles. The van der Waals surface area contributed by atoms with Crippen LogP contribution in [0.25, 0.3) is 10.9 Å². The minimum atomic E-state index is -0.103. The molecule has 6 nitrogen and oxygen atoms in total. The lowest BCUT2D eigenvalue weighted by Crippen LogP contribution is -2.42. The van der Waals surface area contributed by atoms with Gasteiger partial charge in [0, 0.05) is 41.8 Å². The predicted octanol–water partition coefficient (Wildman–Crippen LogP) is 2.78. The maximum Gasteiger partial charge on any atom is 0.254 e. The zero-order valence-electron chi connectivity index (χ0n) is 16.7. The molecule has 0 atom stereocenters. The van der Waals surface area contributed by atoms with Crippen molar-refractivity contribution < 1.29 is 9.53 Å². The lowest BCUT2D eigenvalue weighted by Gasteiger charge is -2.25. The Morgan fingerprint density at radius 2 is 1.83 bits per heavy atom. The van der Waals surface area contributed by atoms with Gasteiger partial charge in [-0.2, -0.15) is 5.10 Å². The third-order valence-corrected chi connectivity index (χ3v) is 5.32. The van der Waals surface area contributed by atoms with Crippen LogP contribution in [-0.2, 0) is 16.1 Å². The molecule has 1 amide bonds. The van der Waals surface area contributed by atoms with E-state index in [0.29, 0.717) is 19.8 Å². The number of rotatable bonds is 6. The van der Waals surface area contributed by atoms with Crippen LogP contribution in [0.3, 0.4) is 0 Å². The molecule has 0 aliphatic carbocycles. The van der Waals surface area contributed by atoms with Crippen molar-refractivity contribution in [2.75, 3.05) is 32.8 Å². The van der Waals surface area contributed by atoms with Gasteiger partial charge in [0.1, 0.15) is 0 Å². The number of hydrogen-bond acceptors (Lipinski definition) is 4. The Balaban J connectivity index is 1.51. The molecule has 1 saturated heterocycles. The molecular weight excluding hydrogens is 364 g/mol. The van der Waals surface area contributed by atoms with Crippen molar-refractivity contribution in [2.24, 2.45) is 5.10 Å². The van der Waals surface area contributed by atoms with Crippen molar-refractivity contribution in [1.29, 1.82) is 0 Å². The number of carbonyl (C=O) groups excluding carboxylic acids is 1. The number of ether oxygens (including phenoxy) is 1. The summed E-state index contributed by atoms with van der Waals surface area (Å²) in [6.45, 7) is 6.15. The van der Waals surface area contributed by atoms with Gasteiger partial charge in [-0.05, 0) is 18.6 Å². The smallest absolute Gasteiger partial charge is 0.254 e. The number of fused-ring (bicyclic) bond motifs is 1. The van der Waals surface area contributed by atoms with E-state index >= 15 is 0 Å². The highest BCUT2D eigenvalue weighted by atomic mass is 16.5. The van der Waals surface area contributed by atoms with Crippen LogP contribution in [0, 0.1) is 6.92 Å². The number of morpholine rings is 1. The molecule has 6 heteroatoms. The number of carbonyl (C=O) groups is 1. The first-order valence-electron chi connectivity index (χ1n) is 9.96. The second-order valence-corrected chi connectivity index (χ2v) is 7.27. The molecule has 2 aromatic carbocycles. The molecule has 0 radical (unpaired) electrons. The van der Waals surface area contributed by atoms with Crippen LogP contribution in [0.2, 0.25) is 0 Å². The summed E-state index contributed by atoms with van der Waals surface area (Å²) in [5, 5.41) is 5.37. The van der Waals surface area contributed by atoms with Crippen molar-refractivity contribution in [1.82, 2.24) is 14.9 Å². The maximum absolute atomic E-state index is 12.2. The van der Waals surface area contributed by atoms with Crippen LogP contribution >= 0.6 is 0 Å². The molecule has 1 aliphatic rings. The fraction of sp³-hybridized carbons (Fsp3) is 0.304. The standard InChI is InChI=1S/C23H26N4O2/c1-18-21(15-24-25-23(28)17-26-11-13-29-14-12-26)20-9-5-6-10-22(20)27(18)16-19-7-3-2-4-8-19/h2-10,15H,11-14,16-17H2,1H3,(H,25,28)/b24-15-. The highest BCUT2D eigenvalue weighted by Gasteiger charge is 2.15. The molecule has 29 heavy (non-hydrogen) atoms. The molecular formula is C23H26N4O2. The number of amides is 1. The lowest BCUT2D eigenvalue weighted by molar-refractivity contribution is -0.123. The van der Waals surface area contributed by atoms with Crippen LogP contribution in [0.5, 0.6) is 0 Å². The van der Waals surface area contributed by atoms with E-state index in [0.717, 1.165) is 41.8 Å². The Labute approximate surface area is 170 Å². The van der Waals surface area contributed by atoms with Gasteiger partial charge in [0.2, 0.25) is 0 Å². The zero-order chi connectivity index (χ0) is 20.1. The van der Waals surface area contributed by atoms with Gasteiger partial charge in [0.25, 0.3) is 5.91 Å². The van der Waals surface area contributed by atoms with Gasteiger partial charge in [0.15, 0.2) is 0 Å². The third-order valence-electron chi connectivity index (χ3n) is 5.32. The van der Waals surface area contributed by atoms with Crippen LogP contribution < -0.4 is 5.43 Å². The summed E-state index contributed by atoms with van der Waals surface area (Å²) in [7, 11) is 0. The Morgan fingerprint density at radius 3 is 2.62 bits per heavy atom. The van der Waals surface area contributed by atoms with E-state index in [1.54, 1.807) is 6.21 Å². The molecule has 1 aliphatic heterocycles. The summed E-state index contributed by atoms with van der Waals surface area (Å²) in [5.41, 5.74) is 7.24. The van der Waals surface area contributed by atoms with Crippen molar-refractivity contribution in [3.8, 4) is 0 Å². The Kier molecular flexibility index (Phi) is 6.03. The van der Waals surface area contributed by atoms with Crippen LogP contribution in [0.4, 0.5) is 0 Å². The average Bonchev–Trinajstić information content (AvgIpc) is 3.01. The quantitative estimate of drug-likeness (QED) is 0.520. The summed E-state index contributed by atoms with van der Waals surface area (Å²) in [5.74, 6) is -0.103. The largest absolute Gasteiger partial charge is 0.379 e. The number of para-hydroxylation sites is 1. The van der Waals surface area contributed by atoms with Gasteiger partial charge >= 0.3 is 0 Å².